The lowest BCUT2D eigenvalue weighted by molar-refractivity contribution is -0.143. The highest BCUT2D eigenvalue weighted by atomic mass is 32.2. The average Bonchev–Trinajstić information content (AvgIpc) is 3.21. The van der Waals surface area contributed by atoms with Gasteiger partial charge in [-0.25, -0.2) is 8.42 Å². The van der Waals surface area contributed by atoms with Crippen LogP contribution in [0.25, 0.3) is 0 Å². The third-order valence-electron chi connectivity index (χ3n) is 5.42. The van der Waals surface area contributed by atoms with E-state index in [4.69, 9.17) is 0 Å². The molecular formula is C15H19N3O4S2. The molecule has 3 aliphatic heterocycles. The van der Waals surface area contributed by atoms with Gasteiger partial charge < -0.3 is 10.2 Å². The van der Waals surface area contributed by atoms with Crippen molar-refractivity contribution in [2.45, 2.75) is 29.5 Å². The fourth-order valence-corrected chi connectivity index (χ4v) is 6.62. The first-order chi connectivity index (χ1) is 11.4. The molecule has 1 atom stereocenters. The Hall–Kier alpha value is -1.45. The number of fused-ring (bicyclic) bond motifs is 1. The highest BCUT2D eigenvalue weighted by Gasteiger charge is 2.52. The van der Waals surface area contributed by atoms with Crippen LogP contribution in [0.3, 0.4) is 0 Å². The van der Waals surface area contributed by atoms with E-state index in [2.05, 4.69) is 5.32 Å². The predicted octanol–water partition coefficient (Wildman–Crippen LogP) is 0.250. The molecule has 1 unspecified atom stereocenters. The number of piperazine rings is 1. The van der Waals surface area contributed by atoms with E-state index in [1.54, 1.807) is 22.4 Å². The van der Waals surface area contributed by atoms with E-state index in [0.29, 0.717) is 43.1 Å². The maximum atomic E-state index is 12.6. The molecule has 0 radical (unpaired) electrons. The number of nitrogens with one attached hydrogen (secondary N) is 1. The summed E-state index contributed by atoms with van der Waals surface area (Å²) in [5.74, 6) is -0.120. The van der Waals surface area contributed by atoms with E-state index in [-0.39, 0.29) is 29.8 Å². The molecule has 0 aliphatic carbocycles. The second-order valence-electron chi connectivity index (χ2n) is 6.80. The lowest BCUT2D eigenvalue weighted by Gasteiger charge is -2.38. The van der Waals surface area contributed by atoms with Gasteiger partial charge in [0.2, 0.25) is 11.8 Å². The van der Waals surface area contributed by atoms with Crippen LogP contribution in [0.1, 0.15) is 19.3 Å². The average molecular weight is 369 g/mol. The number of thiophene rings is 1. The van der Waals surface area contributed by atoms with Gasteiger partial charge in [0.25, 0.3) is 10.0 Å². The zero-order valence-electron chi connectivity index (χ0n) is 13.1. The van der Waals surface area contributed by atoms with Crippen LogP contribution in [-0.4, -0.2) is 61.7 Å². The smallest absolute Gasteiger partial charge is 0.252 e. The second kappa shape index (κ2) is 5.53. The second-order valence-corrected chi connectivity index (χ2v) is 9.91. The molecule has 3 aliphatic rings. The number of amides is 2. The summed E-state index contributed by atoms with van der Waals surface area (Å²) in [5, 5.41) is 4.40. The van der Waals surface area contributed by atoms with E-state index in [1.165, 1.54) is 15.6 Å². The number of nitrogens with zero attached hydrogens (tertiary/aromatic N) is 2. The topological polar surface area (TPSA) is 86.8 Å². The summed E-state index contributed by atoms with van der Waals surface area (Å²) in [7, 11) is -3.42. The SMILES string of the molecule is O=C1NCC(=O)N2CC3(CCN(S(=O)(=O)c4cccs4)CC3)CC12. The fourth-order valence-electron chi connectivity index (χ4n) is 4.04. The Kier molecular flexibility index (Phi) is 3.70. The molecule has 4 rings (SSSR count). The third kappa shape index (κ3) is 2.46. The molecule has 0 saturated carbocycles. The summed E-state index contributed by atoms with van der Waals surface area (Å²) in [5.41, 5.74) is -0.135. The predicted molar refractivity (Wildman–Crippen MR) is 87.9 cm³/mol. The minimum absolute atomic E-state index is 0.0369. The van der Waals surface area contributed by atoms with Gasteiger partial charge in [-0.3, -0.25) is 9.59 Å². The van der Waals surface area contributed by atoms with E-state index in [1.807, 2.05) is 0 Å². The first-order valence-electron chi connectivity index (χ1n) is 8.02. The zero-order valence-corrected chi connectivity index (χ0v) is 14.7. The molecule has 0 bridgehead atoms. The summed E-state index contributed by atoms with van der Waals surface area (Å²) in [6, 6.07) is 2.98. The van der Waals surface area contributed by atoms with E-state index < -0.39 is 10.0 Å². The highest BCUT2D eigenvalue weighted by molar-refractivity contribution is 7.91. The van der Waals surface area contributed by atoms with Crippen LogP contribution in [-0.2, 0) is 19.6 Å². The summed E-state index contributed by atoms with van der Waals surface area (Å²) in [6.45, 7) is 1.52. The first kappa shape index (κ1) is 16.0. The van der Waals surface area contributed by atoms with Crippen molar-refractivity contribution in [3.05, 3.63) is 17.5 Å². The van der Waals surface area contributed by atoms with Gasteiger partial charge in [-0.1, -0.05) is 6.07 Å². The minimum Gasteiger partial charge on any atom is -0.345 e. The van der Waals surface area contributed by atoms with Gasteiger partial charge in [-0.05, 0) is 36.1 Å². The Morgan fingerprint density at radius 2 is 2.00 bits per heavy atom. The molecular weight excluding hydrogens is 350 g/mol. The van der Waals surface area contributed by atoms with Gasteiger partial charge in [0.1, 0.15) is 10.3 Å². The minimum atomic E-state index is -3.42. The summed E-state index contributed by atoms with van der Waals surface area (Å²) in [6.07, 6.45) is 2.01. The monoisotopic (exact) mass is 369 g/mol. The van der Waals surface area contributed by atoms with Crippen LogP contribution in [0.15, 0.2) is 21.7 Å². The lowest BCUT2D eigenvalue weighted by Crippen LogP contribution is -2.55. The van der Waals surface area contributed by atoms with Crippen molar-refractivity contribution in [1.29, 1.82) is 0 Å². The van der Waals surface area contributed by atoms with Crippen molar-refractivity contribution in [2.75, 3.05) is 26.2 Å². The van der Waals surface area contributed by atoms with E-state index in [9.17, 15) is 18.0 Å². The highest BCUT2D eigenvalue weighted by Crippen LogP contribution is 2.45. The van der Waals surface area contributed by atoms with Crippen molar-refractivity contribution < 1.29 is 18.0 Å². The standard InChI is InChI=1S/C15H19N3O4S2/c19-12-9-16-14(20)11-8-15(10-18(11)12)3-5-17(6-4-15)24(21,22)13-2-1-7-23-13/h1-2,7,11H,3-6,8-10H2,(H,16,20). The summed E-state index contributed by atoms with van der Waals surface area (Å²) in [4.78, 5) is 25.7. The van der Waals surface area contributed by atoms with Gasteiger partial charge in [-0.15, -0.1) is 11.3 Å². The Bertz CT molecular complexity index is 741. The van der Waals surface area contributed by atoms with Crippen LogP contribution >= 0.6 is 11.3 Å². The van der Waals surface area contributed by atoms with E-state index >= 15 is 0 Å². The molecule has 1 aromatic heterocycles. The van der Waals surface area contributed by atoms with Crippen molar-refractivity contribution >= 4 is 33.2 Å². The van der Waals surface area contributed by atoms with Gasteiger partial charge in [0.15, 0.2) is 0 Å². The lowest BCUT2D eigenvalue weighted by atomic mass is 9.77. The number of rotatable bonds is 2. The molecule has 24 heavy (non-hydrogen) atoms. The number of sulfonamides is 1. The van der Waals surface area contributed by atoms with Crippen molar-refractivity contribution in [3.8, 4) is 0 Å². The van der Waals surface area contributed by atoms with Crippen molar-refractivity contribution in [3.63, 3.8) is 0 Å². The van der Waals surface area contributed by atoms with E-state index in [0.717, 1.165) is 0 Å². The Morgan fingerprint density at radius 1 is 1.25 bits per heavy atom. The summed E-state index contributed by atoms with van der Waals surface area (Å²) >= 11 is 1.23. The van der Waals surface area contributed by atoms with Crippen LogP contribution in [0.2, 0.25) is 0 Å². The Morgan fingerprint density at radius 3 is 2.62 bits per heavy atom. The number of carbonyl (C=O) groups excluding carboxylic acids is 2. The number of hydrogen-bond acceptors (Lipinski definition) is 5. The molecule has 0 aromatic carbocycles. The fraction of sp³-hybridized carbons (Fsp3) is 0.600. The molecule has 1 spiro atoms. The molecule has 3 saturated heterocycles. The zero-order chi connectivity index (χ0) is 16.9. The van der Waals surface area contributed by atoms with Gasteiger partial charge >= 0.3 is 0 Å². The molecule has 7 nitrogen and oxygen atoms in total. The van der Waals surface area contributed by atoms with Crippen LogP contribution in [0.5, 0.6) is 0 Å². The first-order valence-corrected chi connectivity index (χ1v) is 10.3. The van der Waals surface area contributed by atoms with Crippen LogP contribution < -0.4 is 5.32 Å². The third-order valence-corrected chi connectivity index (χ3v) is 8.69. The van der Waals surface area contributed by atoms with Crippen molar-refractivity contribution in [1.82, 2.24) is 14.5 Å². The van der Waals surface area contributed by atoms with Crippen molar-refractivity contribution in [2.24, 2.45) is 5.41 Å². The molecule has 130 valence electrons. The van der Waals surface area contributed by atoms with Gasteiger partial charge in [0, 0.05) is 19.6 Å². The Labute approximate surface area is 144 Å². The maximum absolute atomic E-state index is 12.6. The number of carbonyl (C=O) groups is 2. The molecule has 1 N–H and O–H groups in total. The van der Waals surface area contributed by atoms with Gasteiger partial charge in [-0.2, -0.15) is 4.31 Å². The number of piperidine rings is 1. The summed E-state index contributed by atoms with van der Waals surface area (Å²) < 4.78 is 27.1. The molecule has 3 fully saturated rings. The van der Waals surface area contributed by atoms with Gasteiger partial charge in [0.05, 0.1) is 6.54 Å². The normalized spacial score (nSPS) is 27.3. The quantitative estimate of drug-likeness (QED) is 0.810. The Balaban J connectivity index is 1.49. The van der Waals surface area contributed by atoms with Crippen LogP contribution in [0, 0.1) is 5.41 Å². The molecule has 1 aromatic rings. The molecule has 2 amide bonds. The largest absolute Gasteiger partial charge is 0.345 e. The maximum Gasteiger partial charge on any atom is 0.252 e. The van der Waals surface area contributed by atoms with Crippen LogP contribution in [0.4, 0.5) is 0 Å². The molecule has 9 heteroatoms. The molecule has 4 heterocycles. The number of hydrogen-bond donors (Lipinski definition) is 1.